The lowest BCUT2D eigenvalue weighted by Gasteiger charge is -2.36. The molecule has 3 nitrogen and oxygen atoms in total. The molecule has 5 rings (SSSR count). The van der Waals surface area contributed by atoms with Gasteiger partial charge in [0.25, 0.3) is 5.91 Å². The van der Waals surface area contributed by atoms with Crippen LogP contribution in [0.15, 0.2) is 66.0 Å². The molecule has 1 aliphatic heterocycles. The summed E-state index contributed by atoms with van der Waals surface area (Å²) in [7, 11) is 0. The third kappa shape index (κ3) is 3.10. The number of benzene rings is 2. The van der Waals surface area contributed by atoms with E-state index in [1.165, 1.54) is 23.5 Å². The van der Waals surface area contributed by atoms with Crippen molar-refractivity contribution in [2.24, 2.45) is 0 Å². The maximum Gasteiger partial charge on any atom is 0.416 e. The number of hydrogen-bond acceptors (Lipinski definition) is 2. The lowest BCUT2D eigenvalue weighted by atomic mass is 9.91. The minimum Gasteiger partial charge on any atom is -0.356 e. The standard InChI is InChI=1S/C23H17F3N2OS/c24-23(25,26)15-9-7-14(8-10-15)21-20-17(16-4-1-2-5-18(16)27-20)11-12-28(21)22(29)19-6-3-13-30-19/h1-10,13,21,27H,11-12H2. The Hall–Kier alpha value is -3.06. The Labute approximate surface area is 174 Å². The number of hydrogen-bond donors (Lipinski definition) is 1. The summed E-state index contributed by atoms with van der Waals surface area (Å²) in [5.74, 6) is -0.112. The van der Waals surface area contributed by atoms with Gasteiger partial charge in [-0.15, -0.1) is 11.3 Å². The molecule has 30 heavy (non-hydrogen) atoms. The molecule has 2 aromatic heterocycles. The highest BCUT2D eigenvalue weighted by Gasteiger charge is 2.36. The molecule has 1 N–H and O–H groups in total. The van der Waals surface area contributed by atoms with E-state index in [1.807, 2.05) is 35.7 Å². The Morgan fingerprint density at radius 3 is 2.50 bits per heavy atom. The molecule has 2 aromatic carbocycles. The third-order valence-electron chi connectivity index (χ3n) is 5.58. The van der Waals surface area contributed by atoms with Crippen LogP contribution in [-0.2, 0) is 12.6 Å². The summed E-state index contributed by atoms with van der Waals surface area (Å²) in [4.78, 5) is 19.0. The van der Waals surface area contributed by atoms with E-state index in [4.69, 9.17) is 0 Å². The predicted octanol–water partition coefficient (Wildman–Crippen LogP) is 6.04. The average molecular weight is 426 g/mol. The van der Waals surface area contributed by atoms with Crippen LogP contribution in [0.2, 0.25) is 0 Å². The molecular weight excluding hydrogens is 409 g/mol. The SMILES string of the molecule is O=C(c1cccs1)N1CCc2c([nH]c3ccccc23)C1c1ccc(C(F)(F)F)cc1. The number of aromatic amines is 1. The highest BCUT2D eigenvalue weighted by Crippen LogP contribution is 2.40. The van der Waals surface area contributed by atoms with Crippen molar-refractivity contribution in [2.45, 2.75) is 18.6 Å². The second-order valence-electron chi connectivity index (χ2n) is 7.31. The van der Waals surface area contributed by atoms with Gasteiger partial charge in [-0.25, -0.2) is 0 Å². The normalized spacial score (nSPS) is 16.6. The van der Waals surface area contributed by atoms with Gasteiger partial charge in [0, 0.05) is 23.1 Å². The number of H-pyrrole nitrogens is 1. The zero-order chi connectivity index (χ0) is 20.9. The molecule has 1 aliphatic rings. The van der Waals surface area contributed by atoms with Crippen molar-refractivity contribution < 1.29 is 18.0 Å². The molecule has 4 aromatic rings. The van der Waals surface area contributed by atoms with Crippen molar-refractivity contribution in [1.29, 1.82) is 0 Å². The fraction of sp³-hybridized carbons (Fsp3) is 0.174. The fourth-order valence-corrected chi connectivity index (χ4v) is 4.88. The van der Waals surface area contributed by atoms with Crippen LogP contribution < -0.4 is 0 Å². The third-order valence-corrected chi connectivity index (χ3v) is 6.44. The molecule has 7 heteroatoms. The molecule has 1 unspecified atom stereocenters. The monoisotopic (exact) mass is 426 g/mol. The maximum absolute atomic E-state index is 13.2. The van der Waals surface area contributed by atoms with Crippen LogP contribution in [-0.4, -0.2) is 22.3 Å². The zero-order valence-corrected chi connectivity index (χ0v) is 16.6. The first-order valence-corrected chi connectivity index (χ1v) is 10.4. The minimum atomic E-state index is -4.40. The van der Waals surface area contributed by atoms with Gasteiger partial charge in [0.1, 0.15) is 0 Å². The summed E-state index contributed by atoms with van der Waals surface area (Å²) in [6.07, 6.45) is -3.71. The van der Waals surface area contributed by atoms with Gasteiger partial charge in [-0.1, -0.05) is 36.4 Å². The lowest BCUT2D eigenvalue weighted by Crippen LogP contribution is -2.40. The number of aromatic nitrogens is 1. The molecule has 0 spiro atoms. The summed E-state index contributed by atoms with van der Waals surface area (Å²) < 4.78 is 39.2. The quantitative estimate of drug-likeness (QED) is 0.417. The van der Waals surface area contributed by atoms with Gasteiger partial charge in [0.15, 0.2) is 0 Å². The number of fused-ring (bicyclic) bond motifs is 3. The molecule has 1 atom stereocenters. The van der Waals surface area contributed by atoms with Crippen molar-refractivity contribution in [3.8, 4) is 0 Å². The van der Waals surface area contributed by atoms with E-state index in [-0.39, 0.29) is 5.91 Å². The van der Waals surface area contributed by atoms with E-state index in [0.29, 0.717) is 23.4 Å². The Morgan fingerprint density at radius 2 is 1.80 bits per heavy atom. The van der Waals surface area contributed by atoms with Crippen LogP contribution in [0.1, 0.15) is 38.1 Å². The molecule has 0 bridgehead atoms. The number of alkyl halides is 3. The Bertz CT molecular complexity index is 1210. The van der Waals surface area contributed by atoms with Crippen molar-refractivity contribution in [3.63, 3.8) is 0 Å². The average Bonchev–Trinajstić information content (AvgIpc) is 3.40. The molecule has 152 valence electrons. The number of nitrogens with zero attached hydrogens (tertiary/aromatic N) is 1. The molecule has 0 radical (unpaired) electrons. The highest BCUT2D eigenvalue weighted by molar-refractivity contribution is 7.12. The summed E-state index contributed by atoms with van der Waals surface area (Å²) in [6.45, 7) is 0.497. The van der Waals surface area contributed by atoms with Crippen molar-refractivity contribution in [1.82, 2.24) is 9.88 Å². The first-order chi connectivity index (χ1) is 14.4. The smallest absolute Gasteiger partial charge is 0.356 e. The molecule has 0 saturated carbocycles. The van der Waals surface area contributed by atoms with Gasteiger partial charge in [0.2, 0.25) is 0 Å². The number of nitrogens with one attached hydrogen (secondary N) is 1. The van der Waals surface area contributed by atoms with Gasteiger partial charge in [-0.3, -0.25) is 4.79 Å². The topological polar surface area (TPSA) is 36.1 Å². The highest BCUT2D eigenvalue weighted by atomic mass is 32.1. The molecule has 3 heterocycles. The van der Waals surface area contributed by atoms with Crippen LogP contribution in [0.4, 0.5) is 13.2 Å². The number of halogens is 3. The summed E-state index contributed by atoms with van der Waals surface area (Å²) in [6, 6.07) is 16.2. The number of amides is 1. The van der Waals surface area contributed by atoms with Crippen LogP contribution in [0.25, 0.3) is 10.9 Å². The van der Waals surface area contributed by atoms with Crippen LogP contribution in [0, 0.1) is 0 Å². The van der Waals surface area contributed by atoms with Crippen molar-refractivity contribution >= 4 is 28.1 Å². The van der Waals surface area contributed by atoms with E-state index >= 15 is 0 Å². The Balaban J connectivity index is 1.65. The van der Waals surface area contributed by atoms with Crippen LogP contribution in [0.3, 0.4) is 0 Å². The minimum absolute atomic E-state index is 0.112. The second-order valence-corrected chi connectivity index (χ2v) is 8.26. The Kier molecular flexibility index (Phi) is 4.43. The summed E-state index contributed by atoms with van der Waals surface area (Å²) >= 11 is 1.36. The number of rotatable bonds is 2. The van der Waals surface area contributed by atoms with Gasteiger partial charge < -0.3 is 9.88 Å². The molecule has 0 saturated heterocycles. The Morgan fingerprint density at radius 1 is 1.03 bits per heavy atom. The number of carbonyl (C=O) groups excluding carboxylic acids is 1. The van der Waals surface area contributed by atoms with E-state index in [0.717, 1.165) is 34.3 Å². The predicted molar refractivity (Wildman–Crippen MR) is 111 cm³/mol. The summed E-state index contributed by atoms with van der Waals surface area (Å²) in [5, 5.41) is 2.94. The number of para-hydroxylation sites is 1. The lowest BCUT2D eigenvalue weighted by molar-refractivity contribution is -0.137. The largest absolute Gasteiger partial charge is 0.416 e. The zero-order valence-electron chi connectivity index (χ0n) is 15.7. The fourth-order valence-electron chi connectivity index (χ4n) is 4.20. The molecule has 1 amide bonds. The first kappa shape index (κ1) is 18.9. The molecule has 0 aliphatic carbocycles. The molecular formula is C23H17F3N2OS. The van der Waals surface area contributed by atoms with E-state index in [1.54, 1.807) is 11.0 Å². The van der Waals surface area contributed by atoms with E-state index < -0.39 is 17.8 Å². The van der Waals surface area contributed by atoms with Crippen molar-refractivity contribution in [3.05, 3.63) is 93.3 Å². The number of carbonyl (C=O) groups is 1. The van der Waals surface area contributed by atoms with Crippen LogP contribution in [0.5, 0.6) is 0 Å². The van der Waals surface area contributed by atoms with Gasteiger partial charge in [0.05, 0.1) is 16.5 Å². The van der Waals surface area contributed by atoms with Crippen molar-refractivity contribution in [2.75, 3.05) is 6.54 Å². The first-order valence-electron chi connectivity index (χ1n) is 9.54. The van der Waals surface area contributed by atoms with Gasteiger partial charge in [-0.05, 0) is 47.2 Å². The molecule has 0 fully saturated rings. The van der Waals surface area contributed by atoms with E-state index in [9.17, 15) is 18.0 Å². The van der Waals surface area contributed by atoms with Gasteiger partial charge >= 0.3 is 6.18 Å². The van der Waals surface area contributed by atoms with Crippen LogP contribution >= 0.6 is 11.3 Å². The summed E-state index contributed by atoms with van der Waals surface area (Å²) in [5.41, 5.74) is 2.90. The number of thiophene rings is 1. The van der Waals surface area contributed by atoms with E-state index in [2.05, 4.69) is 4.98 Å². The van der Waals surface area contributed by atoms with Gasteiger partial charge in [-0.2, -0.15) is 13.2 Å². The second kappa shape index (κ2) is 7.02. The maximum atomic E-state index is 13.2.